The van der Waals surface area contributed by atoms with Gasteiger partial charge in [-0.25, -0.2) is 4.98 Å². The van der Waals surface area contributed by atoms with Crippen molar-refractivity contribution in [2.75, 3.05) is 0 Å². The summed E-state index contributed by atoms with van der Waals surface area (Å²) < 4.78 is 2.30. The number of aromatic nitrogens is 2. The van der Waals surface area contributed by atoms with Crippen molar-refractivity contribution in [2.45, 2.75) is 50.9 Å². The molecule has 1 aliphatic carbocycles. The van der Waals surface area contributed by atoms with E-state index in [1.54, 1.807) is 0 Å². The molecule has 1 saturated carbocycles. The van der Waals surface area contributed by atoms with Gasteiger partial charge in [0.15, 0.2) is 0 Å². The Morgan fingerprint density at radius 3 is 3.00 bits per heavy atom. The molecule has 3 nitrogen and oxygen atoms in total. The van der Waals surface area contributed by atoms with E-state index < -0.39 is 0 Å². The Labute approximate surface area is 130 Å². The highest BCUT2D eigenvalue weighted by molar-refractivity contribution is 6.16. The summed E-state index contributed by atoms with van der Waals surface area (Å²) in [6.45, 7) is 2.27. The summed E-state index contributed by atoms with van der Waals surface area (Å²) in [6.07, 6.45) is 6.22. The number of fused-ring (bicyclic) bond motifs is 1. The highest BCUT2D eigenvalue weighted by atomic mass is 35.5. The minimum Gasteiger partial charge on any atom is -0.324 e. The molecule has 0 N–H and O–H groups in total. The first kappa shape index (κ1) is 14.4. The van der Waals surface area contributed by atoms with Crippen LogP contribution in [0.15, 0.2) is 18.2 Å². The maximum absolute atomic E-state index is 9.14. The van der Waals surface area contributed by atoms with Crippen molar-refractivity contribution in [1.29, 1.82) is 5.26 Å². The van der Waals surface area contributed by atoms with Gasteiger partial charge in [-0.3, -0.25) is 0 Å². The van der Waals surface area contributed by atoms with Crippen LogP contribution in [0.2, 0.25) is 0 Å². The van der Waals surface area contributed by atoms with E-state index in [9.17, 15) is 0 Å². The molecule has 0 radical (unpaired) electrons. The molecule has 21 heavy (non-hydrogen) atoms. The fourth-order valence-electron chi connectivity index (χ4n) is 3.58. The number of hydrogen-bond donors (Lipinski definition) is 0. The van der Waals surface area contributed by atoms with Gasteiger partial charge in [-0.05, 0) is 37.0 Å². The van der Waals surface area contributed by atoms with Crippen LogP contribution in [0.1, 0.15) is 56.5 Å². The number of nitrogens with zero attached hydrogens (tertiary/aromatic N) is 3. The van der Waals surface area contributed by atoms with Crippen molar-refractivity contribution in [3.05, 3.63) is 29.6 Å². The predicted molar refractivity (Wildman–Crippen MR) is 85.3 cm³/mol. The van der Waals surface area contributed by atoms with Gasteiger partial charge >= 0.3 is 0 Å². The monoisotopic (exact) mass is 301 g/mol. The summed E-state index contributed by atoms with van der Waals surface area (Å²) in [5.41, 5.74) is 2.70. The lowest BCUT2D eigenvalue weighted by atomic mass is 9.84. The Bertz CT molecular complexity index is 683. The summed E-state index contributed by atoms with van der Waals surface area (Å²) in [4.78, 5) is 4.65. The third-order valence-electron chi connectivity index (χ3n) is 4.71. The van der Waals surface area contributed by atoms with Crippen molar-refractivity contribution >= 4 is 22.6 Å². The van der Waals surface area contributed by atoms with Crippen LogP contribution >= 0.6 is 11.6 Å². The number of imidazole rings is 1. The van der Waals surface area contributed by atoms with E-state index in [2.05, 4.69) is 22.5 Å². The molecule has 110 valence electrons. The molecule has 3 rings (SSSR count). The van der Waals surface area contributed by atoms with Gasteiger partial charge in [-0.15, -0.1) is 11.6 Å². The summed E-state index contributed by atoms with van der Waals surface area (Å²) in [6, 6.07) is 8.40. The number of halogens is 1. The Kier molecular flexibility index (Phi) is 4.17. The van der Waals surface area contributed by atoms with Crippen LogP contribution in [-0.2, 0) is 5.88 Å². The average Bonchev–Trinajstić information content (AvgIpc) is 2.92. The van der Waals surface area contributed by atoms with Gasteiger partial charge in [0.1, 0.15) is 5.82 Å². The van der Waals surface area contributed by atoms with Gasteiger partial charge in [0, 0.05) is 6.04 Å². The highest BCUT2D eigenvalue weighted by Crippen LogP contribution is 2.37. The summed E-state index contributed by atoms with van der Waals surface area (Å²) in [5.74, 6) is 2.15. The van der Waals surface area contributed by atoms with Crippen LogP contribution in [0.3, 0.4) is 0 Å². The van der Waals surface area contributed by atoms with Crippen LogP contribution in [0.5, 0.6) is 0 Å². The molecule has 1 aromatic heterocycles. The summed E-state index contributed by atoms with van der Waals surface area (Å²) in [7, 11) is 0. The molecule has 0 amide bonds. The fourth-order valence-corrected chi connectivity index (χ4v) is 3.77. The molecule has 2 unspecified atom stereocenters. The summed E-state index contributed by atoms with van der Waals surface area (Å²) in [5, 5.41) is 9.14. The van der Waals surface area contributed by atoms with Crippen molar-refractivity contribution in [2.24, 2.45) is 5.92 Å². The van der Waals surface area contributed by atoms with Crippen LogP contribution < -0.4 is 0 Å². The topological polar surface area (TPSA) is 41.6 Å². The van der Waals surface area contributed by atoms with Crippen molar-refractivity contribution < 1.29 is 0 Å². The van der Waals surface area contributed by atoms with E-state index in [1.165, 1.54) is 32.1 Å². The van der Waals surface area contributed by atoms with E-state index in [-0.39, 0.29) is 0 Å². The first-order chi connectivity index (χ1) is 10.3. The van der Waals surface area contributed by atoms with Crippen molar-refractivity contribution in [1.82, 2.24) is 9.55 Å². The number of hydrogen-bond acceptors (Lipinski definition) is 2. The SMILES string of the molecule is CCC1CCCC(n2c(CCl)nc3ccc(C#N)cc32)C1. The Morgan fingerprint density at radius 2 is 2.29 bits per heavy atom. The molecule has 1 fully saturated rings. The Hall–Kier alpha value is -1.53. The first-order valence-corrected chi connectivity index (χ1v) is 8.27. The maximum atomic E-state index is 9.14. The molecular formula is C17H20ClN3. The standard InChI is InChI=1S/C17H20ClN3/c1-2-12-4-3-5-14(8-12)21-16-9-13(11-19)6-7-15(16)20-17(21)10-18/h6-7,9,12,14H,2-5,8,10H2,1H3. The normalized spacial score (nSPS) is 22.3. The summed E-state index contributed by atoms with van der Waals surface area (Å²) >= 11 is 6.12. The molecule has 2 atom stereocenters. The van der Waals surface area contributed by atoms with Crippen LogP contribution in [0.4, 0.5) is 0 Å². The van der Waals surface area contributed by atoms with Crippen molar-refractivity contribution in [3.63, 3.8) is 0 Å². The number of alkyl halides is 1. The highest BCUT2D eigenvalue weighted by Gasteiger charge is 2.25. The van der Waals surface area contributed by atoms with Crippen LogP contribution in [-0.4, -0.2) is 9.55 Å². The minimum absolute atomic E-state index is 0.420. The molecule has 0 spiro atoms. The van der Waals surface area contributed by atoms with Gasteiger partial charge in [-0.1, -0.05) is 26.2 Å². The van der Waals surface area contributed by atoms with E-state index in [1.807, 2.05) is 18.2 Å². The third kappa shape index (κ3) is 2.65. The Morgan fingerprint density at radius 1 is 1.43 bits per heavy atom. The fraction of sp³-hybridized carbons (Fsp3) is 0.529. The zero-order valence-corrected chi connectivity index (χ0v) is 13.1. The van der Waals surface area contributed by atoms with Crippen LogP contribution in [0.25, 0.3) is 11.0 Å². The second-order valence-corrected chi connectivity index (χ2v) is 6.21. The predicted octanol–water partition coefficient (Wildman–Crippen LogP) is 4.79. The minimum atomic E-state index is 0.420. The van der Waals surface area contributed by atoms with Gasteiger partial charge in [0.2, 0.25) is 0 Å². The quantitative estimate of drug-likeness (QED) is 0.765. The average molecular weight is 302 g/mol. The second kappa shape index (κ2) is 6.07. The zero-order chi connectivity index (χ0) is 14.8. The van der Waals surface area contributed by atoms with E-state index in [0.717, 1.165) is 22.8 Å². The first-order valence-electron chi connectivity index (χ1n) is 7.73. The van der Waals surface area contributed by atoms with Gasteiger partial charge in [-0.2, -0.15) is 5.26 Å². The van der Waals surface area contributed by atoms with Gasteiger partial charge < -0.3 is 4.57 Å². The van der Waals surface area contributed by atoms with E-state index >= 15 is 0 Å². The van der Waals surface area contributed by atoms with E-state index in [4.69, 9.17) is 16.9 Å². The lowest BCUT2D eigenvalue weighted by Crippen LogP contribution is -2.20. The zero-order valence-electron chi connectivity index (χ0n) is 12.3. The molecule has 2 aromatic rings. The molecule has 1 aliphatic rings. The molecule has 0 bridgehead atoms. The number of benzene rings is 1. The molecule has 0 saturated heterocycles. The second-order valence-electron chi connectivity index (χ2n) is 5.94. The molecular weight excluding hydrogens is 282 g/mol. The maximum Gasteiger partial charge on any atom is 0.125 e. The molecule has 1 aromatic carbocycles. The lowest BCUT2D eigenvalue weighted by Gasteiger charge is -2.30. The van der Waals surface area contributed by atoms with Gasteiger partial charge in [0.25, 0.3) is 0 Å². The third-order valence-corrected chi connectivity index (χ3v) is 4.95. The molecule has 4 heteroatoms. The van der Waals surface area contributed by atoms with Crippen molar-refractivity contribution in [3.8, 4) is 6.07 Å². The number of rotatable bonds is 3. The van der Waals surface area contributed by atoms with E-state index in [0.29, 0.717) is 17.5 Å². The van der Waals surface area contributed by atoms with Gasteiger partial charge in [0.05, 0.1) is 28.5 Å². The molecule has 1 heterocycles. The lowest BCUT2D eigenvalue weighted by molar-refractivity contribution is 0.262. The van der Waals surface area contributed by atoms with Crippen LogP contribution in [0, 0.1) is 17.2 Å². The smallest absolute Gasteiger partial charge is 0.125 e. The molecule has 0 aliphatic heterocycles. The Balaban J connectivity index is 2.08. The number of nitriles is 1. The largest absolute Gasteiger partial charge is 0.324 e.